The minimum atomic E-state index is 0.726. The van der Waals surface area contributed by atoms with Crippen LogP contribution in [0.1, 0.15) is 0 Å². The van der Waals surface area contributed by atoms with Crippen LogP contribution in [0.3, 0.4) is 0 Å². The smallest absolute Gasteiger partial charge is 0.191 e. The fraction of sp³-hybridized carbons (Fsp3) is 0. The second kappa shape index (κ2) is 5.01. The molecule has 0 aliphatic heterocycles. The van der Waals surface area contributed by atoms with Gasteiger partial charge in [-0.05, 0) is 48.6 Å². The minimum Gasteiger partial charge on any atom is -0.286 e. The summed E-state index contributed by atoms with van der Waals surface area (Å²) in [4.78, 5) is 4.82. The molecular weight excluding hydrogens is 314 g/mol. The molecule has 0 atom stereocenters. The zero-order chi connectivity index (χ0) is 16.1. The number of aromatic nitrogens is 3. The number of para-hydroxylation sites is 4. The number of imidazole rings is 1. The standard InChI is InChI=1S/C20H13N3S/c24-20-22(14-8-2-1-3-9-14)17-12-6-4-10-15(17)19-21-16-11-5-7-13-18(16)23(19)20/h1-13H. The SMILES string of the molecule is S=c1n(-c2ccccc2)c2ccccc2c2nc3ccccc3n12. The lowest BCUT2D eigenvalue weighted by Gasteiger charge is -2.13. The third-order valence-corrected chi connectivity index (χ3v) is 4.71. The summed E-state index contributed by atoms with van der Waals surface area (Å²) in [5, 5.41) is 1.09. The third-order valence-electron chi connectivity index (χ3n) is 4.34. The molecule has 0 saturated heterocycles. The Balaban J connectivity index is 2.11. The molecule has 0 unspecified atom stereocenters. The van der Waals surface area contributed by atoms with Gasteiger partial charge in [-0.15, -0.1) is 0 Å². The summed E-state index contributed by atoms with van der Waals surface area (Å²) in [5.74, 6) is 0. The fourth-order valence-electron chi connectivity index (χ4n) is 3.29. The fourth-order valence-corrected chi connectivity index (χ4v) is 3.68. The van der Waals surface area contributed by atoms with E-state index < -0.39 is 0 Å². The van der Waals surface area contributed by atoms with Gasteiger partial charge < -0.3 is 0 Å². The van der Waals surface area contributed by atoms with Gasteiger partial charge in [0.25, 0.3) is 0 Å². The predicted molar refractivity (Wildman–Crippen MR) is 100 cm³/mol. The van der Waals surface area contributed by atoms with Crippen molar-refractivity contribution in [2.75, 3.05) is 0 Å². The molecule has 114 valence electrons. The average Bonchev–Trinajstić information content (AvgIpc) is 3.03. The molecule has 4 heteroatoms. The number of hydrogen-bond acceptors (Lipinski definition) is 2. The van der Waals surface area contributed by atoms with Crippen LogP contribution in [-0.2, 0) is 0 Å². The van der Waals surface area contributed by atoms with E-state index in [1.165, 1.54) is 0 Å². The van der Waals surface area contributed by atoms with Crippen LogP contribution in [0.15, 0.2) is 78.9 Å². The van der Waals surface area contributed by atoms with E-state index in [0.717, 1.165) is 38.0 Å². The molecule has 5 rings (SSSR count). The van der Waals surface area contributed by atoms with E-state index in [9.17, 15) is 0 Å². The van der Waals surface area contributed by atoms with Gasteiger partial charge >= 0.3 is 0 Å². The summed E-state index contributed by atoms with van der Waals surface area (Å²) in [6.45, 7) is 0. The number of benzene rings is 3. The molecule has 3 nitrogen and oxygen atoms in total. The lowest BCUT2D eigenvalue weighted by Crippen LogP contribution is -2.05. The van der Waals surface area contributed by atoms with Crippen LogP contribution in [0, 0.1) is 4.77 Å². The van der Waals surface area contributed by atoms with Crippen molar-refractivity contribution in [2.24, 2.45) is 0 Å². The van der Waals surface area contributed by atoms with Crippen molar-refractivity contribution in [3.8, 4) is 5.69 Å². The van der Waals surface area contributed by atoms with Gasteiger partial charge in [-0.3, -0.25) is 8.97 Å². The molecule has 0 saturated carbocycles. The molecule has 2 aromatic heterocycles. The van der Waals surface area contributed by atoms with Crippen molar-refractivity contribution >= 4 is 39.8 Å². The molecular formula is C20H13N3S. The van der Waals surface area contributed by atoms with E-state index >= 15 is 0 Å². The van der Waals surface area contributed by atoms with E-state index in [1.54, 1.807) is 0 Å². The van der Waals surface area contributed by atoms with Gasteiger partial charge in [0, 0.05) is 11.1 Å². The first-order valence-corrected chi connectivity index (χ1v) is 8.22. The van der Waals surface area contributed by atoms with Crippen molar-refractivity contribution in [3.05, 3.63) is 83.6 Å². The van der Waals surface area contributed by atoms with Crippen LogP contribution >= 0.6 is 12.2 Å². The molecule has 2 heterocycles. The first kappa shape index (κ1) is 13.5. The Labute approximate surface area is 143 Å². The van der Waals surface area contributed by atoms with Crippen molar-refractivity contribution < 1.29 is 0 Å². The van der Waals surface area contributed by atoms with E-state index in [2.05, 4.69) is 39.3 Å². The van der Waals surface area contributed by atoms with Gasteiger partial charge in [0.2, 0.25) is 0 Å². The van der Waals surface area contributed by atoms with Crippen LogP contribution in [0.2, 0.25) is 0 Å². The first-order chi connectivity index (χ1) is 11.8. The molecule has 0 aliphatic rings. The second-order valence-corrected chi connectivity index (χ2v) is 6.10. The Morgan fingerprint density at radius 2 is 1.38 bits per heavy atom. The average molecular weight is 327 g/mol. The van der Waals surface area contributed by atoms with E-state index in [1.807, 2.05) is 48.5 Å². The highest BCUT2D eigenvalue weighted by Gasteiger charge is 2.13. The van der Waals surface area contributed by atoms with Crippen LogP contribution in [0.25, 0.3) is 33.3 Å². The molecule has 0 aliphatic carbocycles. The van der Waals surface area contributed by atoms with Gasteiger partial charge in [0.05, 0.1) is 16.6 Å². The molecule has 0 amide bonds. The van der Waals surface area contributed by atoms with E-state index in [-0.39, 0.29) is 0 Å². The minimum absolute atomic E-state index is 0.726. The van der Waals surface area contributed by atoms with E-state index in [4.69, 9.17) is 17.2 Å². The number of rotatable bonds is 1. The molecule has 5 aromatic rings. The summed E-state index contributed by atoms with van der Waals surface area (Å²) in [6, 6.07) is 26.6. The lowest BCUT2D eigenvalue weighted by molar-refractivity contribution is 0.979. The Hall–Kier alpha value is -2.98. The van der Waals surface area contributed by atoms with Crippen molar-refractivity contribution in [1.29, 1.82) is 0 Å². The zero-order valence-corrected chi connectivity index (χ0v) is 13.6. The lowest BCUT2D eigenvalue weighted by atomic mass is 10.2. The van der Waals surface area contributed by atoms with Crippen LogP contribution in [-0.4, -0.2) is 14.0 Å². The van der Waals surface area contributed by atoms with Gasteiger partial charge in [0.15, 0.2) is 4.77 Å². The Morgan fingerprint density at radius 3 is 2.21 bits per heavy atom. The van der Waals surface area contributed by atoms with Crippen LogP contribution < -0.4 is 0 Å². The molecule has 3 aromatic carbocycles. The number of hydrogen-bond donors (Lipinski definition) is 0. The molecule has 0 fully saturated rings. The highest BCUT2D eigenvalue weighted by Crippen LogP contribution is 2.27. The monoisotopic (exact) mass is 327 g/mol. The van der Waals surface area contributed by atoms with Gasteiger partial charge in [0.1, 0.15) is 5.65 Å². The normalized spacial score (nSPS) is 11.5. The predicted octanol–water partition coefficient (Wildman–Crippen LogP) is 5.16. The topological polar surface area (TPSA) is 22.2 Å². The number of nitrogens with zero attached hydrogens (tertiary/aromatic N) is 3. The zero-order valence-electron chi connectivity index (χ0n) is 12.8. The maximum absolute atomic E-state index is 5.87. The van der Waals surface area contributed by atoms with E-state index in [0.29, 0.717) is 0 Å². The molecule has 0 radical (unpaired) electrons. The summed E-state index contributed by atoms with van der Waals surface area (Å²) in [7, 11) is 0. The molecule has 0 bridgehead atoms. The maximum Gasteiger partial charge on any atom is 0.191 e. The molecule has 24 heavy (non-hydrogen) atoms. The second-order valence-electron chi connectivity index (χ2n) is 5.73. The first-order valence-electron chi connectivity index (χ1n) is 7.81. The third kappa shape index (κ3) is 1.77. The van der Waals surface area contributed by atoms with Crippen LogP contribution in [0.4, 0.5) is 0 Å². The highest BCUT2D eigenvalue weighted by atomic mass is 32.1. The molecule has 0 spiro atoms. The van der Waals surface area contributed by atoms with Gasteiger partial charge in [-0.2, -0.15) is 0 Å². The summed E-state index contributed by atoms with van der Waals surface area (Å²) >= 11 is 5.87. The molecule has 0 N–H and O–H groups in total. The highest BCUT2D eigenvalue weighted by molar-refractivity contribution is 7.71. The Bertz CT molecular complexity index is 1270. The Morgan fingerprint density at radius 1 is 0.708 bits per heavy atom. The van der Waals surface area contributed by atoms with Crippen molar-refractivity contribution in [1.82, 2.24) is 14.0 Å². The van der Waals surface area contributed by atoms with Gasteiger partial charge in [-0.25, -0.2) is 4.98 Å². The van der Waals surface area contributed by atoms with Gasteiger partial charge in [-0.1, -0.05) is 42.5 Å². The maximum atomic E-state index is 5.87. The number of fused-ring (bicyclic) bond motifs is 5. The Kier molecular flexibility index (Phi) is 2.81. The van der Waals surface area contributed by atoms with Crippen molar-refractivity contribution in [2.45, 2.75) is 0 Å². The quantitative estimate of drug-likeness (QED) is 0.397. The van der Waals surface area contributed by atoms with Crippen molar-refractivity contribution in [3.63, 3.8) is 0 Å². The summed E-state index contributed by atoms with van der Waals surface area (Å²) < 4.78 is 4.91. The largest absolute Gasteiger partial charge is 0.286 e. The summed E-state index contributed by atoms with van der Waals surface area (Å²) in [5.41, 5.74) is 5.02. The summed E-state index contributed by atoms with van der Waals surface area (Å²) in [6.07, 6.45) is 0. The van der Waals surface area contributed by atoms with Crippen LogP contribution in [0.5, 0.6) is 0 Å².